The van der Waals surface area contributed by atoms with E-state index in [2.05, 4.69) is 5.32 Å². The number of nitrogens with one attached hydrogen (secondary N) is 1. The number of nitrogens with zero attached hydrogens (tertiary/aromatic N) is 1. The fourth-order valence-corrected chi connectivity index (χ4v) is 2.47. The van der Waals surface area contributed by atoms with E-state index in [9.17, 15) is 18.0 Å². The molecule has 128 valence electrons. The van der Waals surface area contributed by atoms with Crippen LogP contribution in [0.2, 0.25) is 0 Å². The normalized spacial score (nSPS) is 11.1. The molecule has 23 heavy (non-hydrogen) atoms. The van der Waals surface area contributed by atoms with Gasteiger partial charge < -0.3 is 10.2 Å². The lowest BCUT2D eigenvalue weighted by atomic mass is 10.1. The number of carbonyl (C=O) groups excluding carboxylic acids is 2. The number of hydrogen-bond donors (Lipinski definition) is 2. The Hall–Kier alpha value is -1.93. The smallest absolute Gasteiger partial charge is 0.239 e. The average molecular weight is 341 g/mol. The summed E-state index contributed by atoms with van der Waals surface area (Å²) in [6.07, 6.45) is 1.35. The first-order valence-corrected chi connectivity index (χ1v) is 8.92. The molecule has 0 heterocycles. The highest BCUT2D eigenvalue weighted by atomic mass is 32.2. The first kappa shape index (κ1) is 19.1. The summed E-state index contributed by atoms with van der Waals surface area (Å²) >= 11 is 0. The Labute approximate surface area is 136 Å². The van der Waals surface area contributed by atoms with Crippen LogP contribution in [0.5, 0.6) is 0 Å². The van der Waals surface area contributed by atoms with Crippen molar-refractivity contribution in [2.24, 2.45) is 5.14 Å². The van der Waals surface area contributed by atoms with Gasteiger partial charge in [-0.1, -0.05) is 19.1 Å². The molecule has 7 nitrogen and oxygen atoms in total. The summed E-state index contributed by atoms with van der Waals surface area (Å²) in [6.45, 7) is 4.35. The van der Waals surface area contributed by atoms with Crippen molar-refractivity contribution in [1.29, 1.82) is 0 Å². The quantitative estimate of drug-likeness (QED) is 0.706. The zero-order valence-corrected chi connectivity index (χ0v) is 14.2. The molecule has 0 radical (unpaired) electrons. The molecule has 0 saturated heterocycles. The van der Waals surface area contributed by atoms with Gasteiger partial charge in [0, 0.05) is 20.0 Å². The molecule has 0 saturated carbocycles. The molecule has 3 N–H and O–H groups in total. The molecule has 0 bridgehead atoms. The van der Waals surface area contributed by atoms with Crippen molar-refractivity contribution in [3.8, 4) is 0 Å². The van der Waals surface area contributed by atoms with Crippen molar-refractivity contribution >= 4 is 21.8 Å². The number of sulfonamides is 1. The minimum atomic E-state index is -3.71. The highest BCUT2D eigenvalue weighted by Gasteiger charge is 2.13. The van der Waals surface area contributed by atoms with Crippen LogP contribution < -0.4 is 10.5 Å². The maximum Gasteiger partial charge on any atom is 0.239 e. The van der Waals surface area contributed by atoms with Crippen molar-refractivity contribution < 1.29 is 18.0 Å². The lowest BCUT2D eigenvalue weighted by molar-refractivity contribution is -0.134. The molecule has 1 aromatic rings. The Morgan fingerprint density at radius 1 is 1.22 bits per heavy atom. The van der Waals surface area contributed by atoms with Crippen molar-refractivity contribution in [2.45, 2.75) is 31.6 Å². The SMILES string of the molecule is CCCNC(=O)CN(CCc1ccc(S(N)(=O)=O)cc1)C(C)=O. The first-order valence-electron chi connectivity index (χ1n) is 7.38. The fraction of sp³-hybridized carbons (Fsp3) is 0.467. The van der Waals surface area contributed by atoms with E-state index in [4.69, 9.17) is 5.14 Å². The van der Waals surface area contributed by atoms with Gasteiger partial charge in [-0.3, -0.25) is 9.59 Å². The topological polar surface area (TPSA) is 110 Å². The van der Waals surface area contributed by atoms with Gasteiger partial charge in [0.1, 0.15) is 0 Å². The van der Waals surface area contributed by atoms with Crippen LogP contribution in [0.3, 0.4) is 0 Å². The zero-order valence-electron chi connectivity index (χ0n) is 13.4. The van der Waals surface area contributed by atoms with Crippen molar-refractivity contribution in [3.05, 3.63) is 29.8 Å². The number of nitrogens with two attached hydrogens (primary N) is 1. The van der Waals surface area contributed by atoms with Gasteiger partial charge in [-0.25, -0.2) is 13.6 Å². The number of hydrogen-bond acceptors (Lipinski definition) is 4. The van der Waals surface area contributed by atoms with E-state index in [1.807, 2.05) is 6.92 Å². The van der Waals surface area contributed by atoms with Gasteiger partial charge in [0.25, 0.3) is 0 Å². The molecule has 1 aromatic carbocycles. The number of amides is 2. The van der Waals surface area contributed by atoms with E-state index in [0.717, 1.165) is 12.0 Å². The van der Waals surface area contributed by atoms with E-state index in [0.29, 0.717) is 19.5 Å². The molecular formula is C15H23N3O4S. The van der Waals surface area contributed by atoms with E-state index < -0.39 is 10.0 Å². The monoisotopic (exact) mass is 341 g/mol. The number of primary sulfonamides is 1. The molecule has 0 fully saturated rings. The average Bonchev–Trinajstić information content (AvgIpc) is 2.48. The van der Waals surface area contributed by atoms with Gasteiger partial charge in [0.15, 0.2) is 0 Å². The second-order valence-corrected chi connectivity index (χ2v) is 6.79. The van der Waals surface area contributed by atoms with Crippen LogP contribution in [0, 0.1) is 0 Å². The summed E-state index contributed by atoms with van der Waals surface area (Å²) in [5, 5.41) is 7.76. The predicted molar refractivity (Wildman–Crippen MR) is 87.1 cm³/mol. The molecule has 1 rings (SSSR count). The Morgan fingerprint density at radius 2 is 1.83 bits per heavy atom. The molecule has 0 aliphatic heterocycles. The van der Waals surface area contributed by atoms with E-state index in [1.165, 1.54) is 24.0 Å². The molecule has 0 atom stereocenters. The van der Waals surface area contributed by atoms with Crippen LogP contribution in [0.15, 0.2) is 29.2 Å². The van der Waals surface area contributed by atoms with Gasteiger partial charge in [0.05, 0.1) is 11.4 Å². The largest absolute Gasteiger partial charge is 0.355 e. The van der Waals surface area contributed by atoms with Gasteiger partial charge in [-0.15, -0.1) is 0 Å². The molecule has 8 heteroatoms. The Kier molecular flexibility index (Phi) is 7.18. The Bertz CT molecular complexity index is 641. The second-order valence-electron chi connectivity index (χ2n) is 5.23. The Morgan fingerprint density at radius 3 is 2.30 bits per heavy atom. The van der Waals surface area contributed by atoms with E-state index in [1.54, 1.807) is 12.1 Å². The summed E-state index contributed by atoms with van der Waals surface area (Å²) in [4.78, 5) is 24.8. The number of benzene rings is 1. The summed E-state index contributed by atoms with van der Waals surface area (Å²) in [7, 11) is -3.71. The van der Waals surface area contributed by atoms with Crippen LogP contribution in [0.4, 0.5) is 0 Å². The highest BCUT2D eigenvalue weighted by Crippen LogP contribution is 2.09. The lowest BCUT2D eigenvalue weighted by Crippen LogP contribution is -2.40. The summed E-state index contributed by atoms with van der Waals surface area (Å²) in [5.41, 5.74) is 0.859. The van der Waals surface area contributed by atoms with Gasteiger partial charge in [-0.2, -0.15) is 0 Å². The third kappa shape index (κ3) is 6.79. The first-order chi connectivity index (χ1) is 10.7. The maximum atomic E-state index is 11.7. The third-order valence-electron chi connectivity index (χ3n) is 3.27. The summed E-state index contributed by atoms with van der Waals surface area (Å²) < 4.78 is 22.4. The standard InChI is InChI=1S/C15H23N3O4S/c1-3-9-17-15(20)11-18(12(2)19)10-8-13-4-6-14(7-5-13)23(16,21)22/h4-7H,3,8-11H2,1-2H3,(H,17,20)(H2,16,21,22). The molecule has 0 aliphatic rings. The van der Waals surface area contributed by atoms with Crippen LogP contribution in [0.1, 0.15) is 25.8 Å². The zero-order chi connectivity index (χ0) is 17.5. The predicted octanol–water partition coefficient (Wildman–Crippen LogP) is 0.251. The van der Waals surface area contributed by atoms with Crippen LogP contribution in [-0.4, -0.2) is 44.8 Å². The van der Waals surface area contributed by atoms with Crippen molar-refractivity contribution in [2.75, 3.05) is 19.6 Å². The van der Waals surface area contributed by atoms with Gasteiger partial charge in [0.2, 0.25) is 21.8 Å². The third-order valence-corrected chi connectivity index (χ3v) is 4.20. The van der Waals surface area contributed by atoms with Crippen molar-refractivity contribution in [1.82, 2.24) is 10.2 Å². The minimum absolute atomic E-state index is 0.0184. The van der Waals surface area contributed by atoms with Gasteiger partial charge >= 0.3 is 0 Å². The summed E-state index contributed by atoms with van der Waals surface area (Å²) in [5.74, 6) is -0.371. The number of carbonyl (C=O) groups is 2. The highest BCUT2D eigenvalue weighted by molar-refractivity contribution is 7.89. The second kappa shape index (κ2) is 8.64. The van der Waals surface area contributed by atoms with Crippen LogP contribution in [0.25, 0.3) is 0 Å². The molecule has 2 amide bonds. The minimum Gasteiger partial charge on any atom is -0.355 e. The molecule has 0 spiro atoms. The molecule has 0 aliphatic carbocycles. The van der Waals surface area contributed by atoms with E-state index in [-0.39, 0.29) is 23.3 Å². The lowest BCUT2D eigenvalue weighted by Gasteiger charge is -2.20. The summed E-state index contributed by atoms with van der Waals surface area (Å²) in [6, 6.07) is 6.15. The van der Waals surface area contributed by atoms with Crippen LogP contribution in [-0.2, 0) is 26.0 Å². The molecule has 0 unspecified atom stereocenters. The molecule has 0 aromatic heterocycles. The maximum absolute atomic E-state index is 11.7. The molecular weight excluding hydrogens is 318 g/mol. The van der Waals surface area contributed by atoms with Crippen LogP contribution >= 0.6 is 0 Å². The van der Waals surface area contributed by atoms with Crippen molar-refractivity contribution in [3.63, 3.8) is 0 Å². The Balaban J connectivity index is 2.62. The fourth-order valence-electron chi connectivity index (χ4n) is 1.95. The van der Waals surface area contributed by atoms with E-state index >= 15 is 0 Å². The van der Waals surface area contributed by atoms with Gasteiger partial charge in [-0.05, 0) is 30.5 Å². The number of rotatable bonds is 8.